The quantitative estimate of drug-likeness (QED) is 0.189. The van der Waals surface area contributed by atoms with Crippen molar-refractivity contribution in [2.24, 2.45) is 5.92 Å². The number of ether oxygens (including phenoxy) is 1. The second-order valence-electron chi connectivity index (χ2n) is 10.1. The Morgan fingerprint density at radius 3 is 2.46 bits per heavy atom. The number of rotatable bonds is 12. The zero-order chi connectivity index (χ0) is 27.8. The molecule has 212 valence electrons. The summed E-state index contributed by atoms with van der Waals surface area (Å²) in [6, 6.07) is 0.653. The number of hydrogen-bond donors (Lipinski definition) is 5. The summed E-state index contributed by atoms with van der Waals surface area (Å²) in [6.45, 7) is 5.68. The number of aromatic nitrogens is 1. The lowest BCUT2D eigenvalue weighted by atomic mass is 9.83. The van der Waals surface area contributed by atoms with Crippen LogP contribution in [-0.2, 0) is 14.8 Å². The molecule has 1 amide bonds. The number of hydrogen-bond acceptors (Lipinski definition) is 9. The minimum absolute atomic E-state index is 0.0222. The summed E-state index contributed by atoms with van der Waals surface area (Å²) in [7, 11) is -4.30. The largest absolute Gasteiger partial charge is 0.444 e. The highest BCUT2D eigenvalue weighted by Gasteiger charge is 2.33. The van der Waals surface area contributed by atoms with Crippen molar-refractivity contribution in [2.75, 3.05) is 17.6 Å². The van der Waals surface area contributed by atoms with Crippen LogP contribution in [0.25, 0.3) is 0 Å². The minimum atomic E-state index is -4.30. The van der Waals surface area contributed by atoms with Gasteiger partial charge in [0, 0.05) is 10.6 Å². The second-order valence-corrected chi connectivity index (χ2v) is 12.9. The van der Waals surface area contributed by atoms with Gasteiger partial charge < -0.3 is 25.6 Å². The molecule has 0 radical (unpaired) electrons. The number of aliphatic hydroxyl groups excluding tert-OH is 2. The molecule has 14 heteroatoms. The summed E-state index contributed by atoms with van der Waals surface area (Å²) >= 11 is 1.00. The Hall–Kier alpha value is -1.74. The van der Waals surface area contributed by atoms with Crippen molar-refractivity contribution >= 4 is 33.7 Å². The Kier molecular flexibility index (Phi) is 11.8. The van der Waals surface area contributed by atoms with E-state index in [0.29, 0.717) is 0 Å². The number of carbonyl (C=O) groups is 1. The first-order chi connectivity index (χ1) is 17.2. The smallest absolute Gasteiger partial charge is 0.408 e. The van der Waals surface area contributed by atoms with Crippen LogP contribution in [0.2, 0.25) is 0 Å². The number of nitrogens with one attached hydrogen (secondary N) is 3. The Bertz CT molecular complexity index is 986. The summed E-state index contributed by atoms with van der Waals surface area (Å²) in [5, 5.41) is 26.3. The predicted molar refractivity (Wildman–Crippen MR) is 137 cm³/mol. The third kappa shape index (κ3) is 10.9. The molecule has 3 atom stereocenters. The highest BCUT2D eigenvalue weighted by molar-refractivity contribution is 8.00. The van der Waals surface area contributed by atoms with E-state index in [1.54, 1.807) is 20.8 Å². The van der Waals surface area contributed by atoms with E-state index >= 15 is 0 Å². The van der Waals surface area contributed by atoms with Crippen LogP contribution in [0.1, 0.15) is 59.8 Å². The Balaban J connectivity index is 2.29. The lowest BCUT2D eigenvalue weighted by Crippen LogP contribution is -2.52. The fourth-order valence-corrected chi connectivity index (χ4v) is 6.24. The number of thioether (sulfide) groups is 1. The molecule has 0 bridgehead atoms. The molecule has 0 spiro atoms. The average molecular weight is 569 g/mol. The number of aliphatic hydroxyl groups is 2. The lowest BCUT2D eigenvalue weighted by Gasteiger charge is -2.35. The average Bonchev–Trinajstić information content (AvgIpc) is 2.79. The van der Waals surface area contributed by atoms with Crippen LogP contribution in [0.3, 0.4) is 0 Å². The molecule has 0 aromatic carbocycles. The zero-order valence-electron chi connectivity index (χ0n) is 21.5. The fourth-order valence-electron chi connectivity index (χ4n) is 3.91. The fraction of sp³-hybridized carbons (Fsp3) is 0.739. The van der Waals surface area contributed by atoms with Gasteiger partial charge in [0.1, 0.15) is 22.5 Å². The third-order valence-corrected chi connectivity index (χ3v) is 8.38. The van der Waals surface area contributed by atoms with E-state index < -0.39 is 53.1 Å². The van der Waals surface area contributed by atoms with Gasteiger partial charge in [-0.15, -0.1) is 11.8 Å². The van der Waals surface area contributed by atoms with Crippen molar-refractivity contribution in [3.05, 3.63) is 12.3 Å². The molecule has 37 heavy (non-hydrogen) atoms. The van der Waals surface area contributed by atoms with Gasteiger partial charge >= 0.3 is 6.09 Å². The van der Waals surface area contributed by atoms with Crippen molar-refractivity contribution in [3.63, 3.8) is 0 Å². The molecule has 1 fully saturated rings. The number of nitrogens with zero attached hydrogens (tertiary/aromatic N) is 1. The first kappa shape index (κ1) is 31.5. The van der Waals surface area contributed by atoms with E-state index in [-0.39, 0.29) is 27.3 Å². The molecule has 0 aliphatic heterocycles. The summed E-state index contributed by atoms with van der Waals surface area (Å²) in [5.41, 5.74) is -0.725. The minimum Gasteiger partial charge on any atom is -0.444 e. The Morgan fingerprint density at radius 2 is 1.89 bits per heavy atom. The van der Waals surface area contributed by atoms with Gasteiger partial charge in [-0.1, -0.05) is 19.3 Å². The van der Waals surface area contributed by atoms with Crippen LogP contribution in [0.5, 0.6) is 0 Å². The normalized spacial score (nSPS) is 17.8. The molecule has 1 aliphatic rings. The van der Waals surface area contributed by atoms with Gasteiger partial charge in [-0.05, 0) is 52.5 Å². The molecule has 0 saturated heterocycles. The van der Waals surface area contributed by atoms with Gasteiger partial charge in [0.05, 0.1) is 24.9 Å². The molecule has 5 N–H and O–H groups in total. The summed E-state index contributed by atoms with van der Waals surface area (Å²) in [4.78, 5) is 16.4. The molecule has 1 heterocycles. The van der Waals surface area contributed by atoms with Crippen LogP contribution in [0, 0.1) is 5.92 Å². The van der Waals surface area contributed by atoms with Crippen molar-refractivity contribution in [1.29, 1.82) is 0 Å². The predicted octanol–water partition coefficient (Wildman–Crippen LogP) is 3.30. The summed E-state index contributed by atoms with van der Waals surface area (Å²) in [5.74, 6) is 0.222. The van der Waals surface area contributed by atoms with Crippen molar-refractivity contribution in [2.45, 2.75) is 100.0 Å². The highest BCUT2D eigenvalue weighted by atomic mass is 32.2. The van der Waals surface area contributed by atoms with E-state index in [4.69, 9.17) is 4.74 Å². The van der Waals surface area contributed by atoms with Gasteiger partial charge in [0.15, 0.2) is 0 Å². The van der Waals surface area contributed by atoms with E-state index in [1.165, 1.54) is 13.0 Å². The van der Waals surface area contributed by atoms with Gasteiger partial charge in [-0.2, -0.15) is 0 Å². The number of pyridine rings is 1. The standard InChI is InChI=1S/C23H38F2N4O6S2/c1-14(30)13-36-16-10-19(26-11-17(16)37(33,34)27-12-18(24)25)28-21(31)20(15-8-6-5-7-9-15)29-22(32)35-23(2,3)4/h10-11,14-15,18,20-21,27,30-31H,5-9,12-13H2,1-4H3,(H,26,28)(H,29,32)/t14-,20+,21+/m1/s1. The van der Waals surface area contributed by atoms with Crippen molar-refractivity contribution < 1.29 is 36.9 Å². The molecule has 10 nitrogen and oxygen atoms in total. The lowest BCUT2D eigenvalue weighted by molar-refractivity contribution is 0.0366. The van der Waals surface area contributed by atoms with Gasteiger partial charge in [-0.25, -0.2) is 31.7 Å². The number of alkyl halides is 2. The van der Waals surface area contributed by atoms with E-state index in [2.05, 4.69) is 15.6 Å². The van der Waals surface area contributed by atoms with E-state index in [1.807, 2.05) is 4.72 Å². The maximum absolute atomic E-state index is 12.6. The zero-order valence-corrected chi connectivity index (χ0v) is 23.2. The third-order valence-electron chi connectivity index (χ3n) is 5.51. The van der Waals surface area contributed by atoms with Crippen LogP contribution in [0.15, 0.2) is 22.1 Å². The van der Waals surface area contributed by atoms with Crippen LogP contribution >= 0.6 is 11.8 Å². The van der Waals surface area contributed by atoms with Gasteiger partial charge in [0.2, 0.25) is 10.0 Å². The number of anilines is 1. The molecule has 1 aromatic rings. The topological polar surface area (TPSA) is 150 Å². The summed E-state index contributed by atoms with van der Waals surface area (Å²) in [6.07, 6.45) is 0.00355. The number of alkyl carbamates (subject to hydrolysis) is 1. The number of sulfonamides is 1. The number of carbonyl (C=O) groups excluding carboxylic acids is 1. The first-order valence-corrected chi connectivity index (χ1v) is 14.7. The van der Waals surface area contributed by atoms with Crippen LogP contribution in [-0.4, -0.2) is 72.4 Å². The Morgan fingerprint density at radius 1 is 1.24 bits per heavy atom. The first-order valence-electron chi connectivity index (χ1n) is 12.2. The molecule has 1 saturated carbocycles. The van der Waals surface area contributed by atoms with E-state index in [0.717, 1.165) is 50.1 Å². The molecular formula is C23H38F2N4O6S2. The summed E-state index contributed by atoms with van der Waals surface area (Å²) < 4.78 is 57.6. The SMILES string of the molecule is C[C@@H](O)CSc1cc(N[C@@H](O)[C@@H](NC(=O)OC(C)(C)C)C2CCCCC2)ncc1S(=O)(=O)NCC(F)F. The molecule has 0 unspecified atom stereocenters. The van der Waals surface area contributed by atoms with Crippen molar-refractivity contribution in [1.82, 2.24) is 15.0 Å². The van der Waals surface area contributed by atoms with Crippen LogP contribution < -0.4 is 15.4 Å². The maximum atomic E-state index is 12.6. The molecular weight excluding hydrogens is 530 g/mol. The monoisotopic (exact) mass is 568 g/mol. The number of amides is 1. The number of halogens is 2. The van der Waals surface area contributed by atoms with Gasteiger partial charge in [0.25, 0.3) is 6.43 Å². The maximum Gasteiger partial charge on any atom is 0.408 e. The molecule has 1 aromatic heterocycles. The van der Waals surface area contributed by atoms with E-state index in [9.17, 15) is 32.2 Å². The molecule has 1 aliphatic carbocycles. The highest BCUT2D eigenvalue weighted by Crippen LogP contribution is 2.31. The Labute approximate surface area is 221 Å². The molecule has 2 rings (SSSR count). The second kappa shape index (κ2) is 13.9. The van der Waals surface area contributed by atoms with Crippen molar-refractivity contribution in [3.8, 4) is 0 Å². The van der Waals surface area contributed by atoms with Gasteiger partial charge in [-0.3, -0.25) is 0 Å². The van der Waals surface area contributed by atoms with Crippen LogP contribution in [0.4, 0.5) is 19.4 Å².